The number of anilines is 1. The standard InChI is InChI=1S/C21H20FN3O6/c1-12-8-19(26)25(21(28)24(12)2)15-10-18(14(23)9-13(15)22)31-17-7-5-4-6-16(17)30-11-20(27)29-3/h4-10H,11,23H2,1-3H3. The molecule has 0 unspecified atom stereocenters. The minimum atomic E-state index is -0.872. The third-order valence-corrected chi connectivity index (χ3v) is 4.52. The Bertz CT molecular complexity index is 1260. The van der Waals surface area contributed by atoms with E-state index in [9.17, 15) is 18.8 Å². The molecule has 0 saturated carbocycles. The van der Waals surface area contributed by atoms with Gasteiger partial charge in [-0.25, -0.2) is 18.5 Å². The maximum absolute atomic E-state index is 14.7. The summed E-state index contributed by atoms with van der Waals surface area (Å²) < 4.78 is 32.2. The zero-order valence-corrected chi connectivity index (χ0v) is 17.0. The Labute approximate surface area is 176 Å². The molecule has 2 N–H and O–H groups in total. The second-order valence-electron chi connectivity index (χ2n) is 6.56. The number of aromatic nitrogens is 2. The number of esters is 1. The van der Waals surface area contributed by atoms with Crippen molar-refractivity contribution in [2.24, 2.45) is 7.05 Å². The van der Waals surface area contributed by atoms with Crippen molar-refractivity contribution in [3.63, 3.8) is 0 Å². The fraction of sp³-hybridized carbons (Fsp3) is 0.190. The van der Waals surface area contributed by atoms with E-state index in [1.807, 2.05) is 0 Å². The van der Waals surface area contributed by atoms with E-state index in [1.165, 1.54) is 24.8 Å². The van der Waals surface area contributed by atoms with Crippen LogP contribution in [0, 0.1) is 12.7 Å². The van der Waals surface area contributed by atoms with Crippen molar-refractivity contribution in [2.45, 2.75) is 6.92 Å². The van der Waals surface area contributed by atoms with Gasteiger partial charge in [-0.05, 0) is 19.1 Å². The third kappa shape index (κ3) is 4.42. The molecule has 0 fully saturated rings. The smallest absolute Gasteiger partial charge is 0.343 e. The second kappa shape index (κ2) is 8.74. The van der Waals surface area contributed by atoms with Gasteiger partial charge in [-0.15, -0.1) is 0 Å². The number of methoxy groups -OCH3 is 1. The van der Waals surface area contributed by atoms with Crippen LogP contribution in [0.25, 0.3) is 5.69 Å². The molecule has 1 heterocycles. The van der Waals surface area contributed by atoms with E-state index in [4.69, 9.17) is 15.2 Å². The molecule has 0 amide bonds. The average Bonchev–Trinajstić information content (AvgIpc) is 2.74. The number of carbonyl (C=O) groups is 1. The Balaban J connectivity index is 2.05. The summed E-state index contributed by atoms with van der Waals surface area (Å²) in [5.41, 5.74) is 4.51. The zero-order valence-electron chi connectivity index (χ0n) is 17.0. The molecule has 0 aliphatic heterocycles. The molecule has 10 heteroatoms. The predicted octanol–water partition coefficient (Wildman–Crippen LogP) is 1.91. The van der Waals surface area contributed by atoms with E-state index < -0.39 is 23.0 Å². The highest BCUT2D eigenvalue weighted by molar-refractivity contribution is 5.71. The second-order valence-corrected chi connectivity index (χ2v) is 6.56. The van der Waals surface area contributed by atoms with Crippen LogP contribution in [0.5, 0.6) is 17.2 Å². The number of ether oxygens (including phenoxy) is 3. The van der Waals surface area contributed by atoms with Crippen LogP contribution in [0.2, 0.25) is 0 Å². The molecule has 3 aromatic rings. The SMILES string of the molecule is COC(=O)COc1ccccc1Oc1cc(-n2c(=O)cc(C)n(C)c2=O)c(F)cc1N. The molecule has 0 radical (unpaired) electrons. The van der Waals surface area contributed by atoms with Crippen LogP contribution >= 0.6 is 0 Å². The molecule has 9 nitrogen and oxygen atoms in total. The Morgan fingerprint density at radius 3 is 2.45 bits per heavy atom. The number of para-hydroxylation sites is 2. The molecule has 0 saturated heterocycles. The van der Waals surface area contributed by atoms with Crippen molar-refractivity contribution < 1.29 is 23.4 Å². The summed E-state index contributed by atoms with van der Waals surface area (Å²) in [7, 11) is 2.70. The van der Waals surface area contributed by atoms with Crippen molar-refractivity contribution in [3.8, 4) is 22.9 Å². The van der Waals surface area contributed by atoms with Gasteiger partial charge < -0.3 is 24.5 Å². The van der Waals surface area contributed by atoms with E-state index in [0.29, 0.717) is 10.3 Å². The minimum Gasteiger partial charge on any atom is -0.478 e. The molecule has 3 rings (SSSR count). The van der Waals surface area contributed by atoms with Crippen molar-refractivity contribution >= 4 is 11.7 Å². The molecule has 0 aliphatic rings. The van der Waals surface area contributed by atoms with Gasteiger partial charge in [0, 0.05) is 30.9 Å². The van der Waals surface area contributed by atoms with E-state index in [2.05, 4.69) is 4.74 Å². The first-order valence-corrected chi connectivity index (χ1v) is 9.08. The largest absolute Gasteiger partial charge is 0.478 e. The molecule has 2 aromatic carbocycles. The number of hydrogen-bond acceptors (Lipinski definition) is 7. The highest BCUT2D eigenvalue weighted by atomic mass is 19.1. The van der Waals surface area contributed by atoms with E-state index >= 15 is 0 Å². The average molecular weight is 429 g/mol. The minimum absolute atomic E-state index is 0.0138. The van der Waals surface area contributed by atoms with E-state index in [-0.39, 0.29) is 35.2 Å². The summed E-state index contributed by atoms with van der Waals surface area (Å²) in [6, 6.07) is 9.74. The van der Waals surface area contributed by atoms with Crippen LogP contribution in [0.3, 0.4) is 0 Å². The fourth-order valence-corrected chi connectivity index (χ4v) is 2.74. The van der Waals surface area contributed by atoms with Crippen molar-refractivity contribution in [2.75, 3.05) is 19.5 Å². The number of rotatable bonds is 6. The number of nitrogen functional groups attached to an aromatic ring is 1. The normalized spacial score (nSPS) is 10.6. The van der Waals surface area contributed by atoms with Crippen LogP contribution in [0.4, 0.5) is 10.1 Å². The highest BCUT2D eigenvalue weighted by Gasteiger charge is 2.17. The van der Waals surface area contributed by atoms with Gasteiger partial charge in [0.05, 0.1) is 18.5 Å². The topological polar surface area (TPSA) is 115 Å². The number of hydrogen-bond donors (Lipinski definition) is 1. The Morgan fingerprint density at radius 2 is 1.77 bits per heavy atom. The number of nitrogens with zero attached hydrogens (tertiary/aromatic N) is 2. The number of nitrogens with two attached hydrogens (primary N) is 1. The van der Waals surface area contributed by atoms with Crippen LogP contribution < -0.4 is 26.5 Å². The summed E-state index contributed by atoms with van der Waals surface area (Å²) >= 11 is 0. The van der Waals surface area contributed by atoms with Gasteiger partial charge in [-0.1, -0.05) is 12.1 Å². The maximum Gasteiger partial charge on any atom is 0.343 e. The Hall–Kier alpha value is -4.08. The number of aryl methyl sites for hydroxylation is 1. The van der Waals surface area contributed by atoms with Crippen LogP contribution in [-0.4, -0.2) is 28.8 Å². The van der Waals surface area contributed by atoms with E-state index in [0.717, 1.165) is 12.1 Å². The quantitative estimate of drug-likeness (QED) is 0.470. The first kappa shape index (κ1) is 21.6. The van der Waals surface area contributed by atoms with Crippen molar-refractivity contribution in [3.05, 3.63) is 74.8 Å². The van der Waals surface area contributed by atoms with Gasteiger partial charge >= 0.3 is 11.7 Å². The Kier molecular flexibility index (Phi) is 6.10. The fourth-order valence-electron chi connectivity index (χ4n) is 2.74. The molecular weight excluding hydrogens is 409 g/mol. The van der Waals surface area contributed by atoms with Crippen molar-refractivity contribution in [1.82, 2.24) is 9.13 Å². The van der Waals surface area contributed by atoms with Gasteiger partial charge in [-0.2, -0.15) is 0 Å². The lowest BCUT2D eigenvalue weighted by atomic mass is 10.2. The number of carbonyl (C=O) groups excluding carboxylic acids is 1. The van der Waals surface area contributed by atoms with Gasteiger partial charge in [0.15, 0.2) is 23.9 Å². The summed E-state index contributed by atoms with van der Waals surface area (Å²) in [6.07, 6.45) is 0. The molecule has 0 spiro atoms. The van der Waals surface area contributed by atoms with Crippen LogP contribution in [-0.2, 0) is 16.6 Å². The molecule has 0 bridgehead atoms. The number of benzene rings is 2. The molecule has 0 aliphatic carbocycles. The van der Waals surface area contributed by atoms with Crippen LogP contribution in [0.1, 0.15) is 5.69 Å². The first-order chi connectivity index (χ1) is 14.7. The number of halogens is 1. The lowest BCUT2D eigenvalue weighted by Crippen LogP contribution is -2.38. The molecule has 0 atom stereocenters. The molecule has 31 heavy (non-hydrogen) atoms. The maximum atomic E-state index is 14.7. The van der Waals surface area contributed by atoms with Gasteiger partial charge in [-0.3, -0.25) is 4.79 Å². The van der Waals surface area contributed by atoms with Gasteiger partial charge in [0.1, 0.15) is 5.82 Å². The molecule has 162 valence electrons. The predicted molar refractivity (Wildman–Crippen MR) is 110 cm³/mol. The summed E-state index contributed by atoms with van der Waals surface area (Å²) in [6.45, 7) is 1.24. The summed E-state index contributed by atoms with van der Waals surface area (Å²) in [4.78, 5) is 36.3. The lowest BCUT2D eigenvalue weighted by Gasteiger charge is -2.15. The van der Waals surface area contributed by atoms with Crippen LogP contribution in [0.15, 0.2) is 52.1 Å². The zero-order chi connectivity index (χ0) is 22.7. The third-order valence-electron chi connectivity index (χ3n) is 4.52. The summed E-state index contributed by atoms with van der Waals surface area (Å²) in [5, 5.41) is 0. The van der Waals surface area contributed by atoms with Gasteiger partial charge in [0.2, 0.25) is 0 Å². The highest BCUT2D eigenvalue weighted by Crippen LogP contribution is 2.35. The first-order valence-electron chi connectivity index (χ1n) is 9.08. The lowest BCUT2D eigenvalue weighted by molar-refractivity contribution is -0.142. The summed E-state index contributed by atoms with van der Waals surface area (Å²) in [5.74, 6) is -1.09. The molecule has 1 aromatic heterocycles. The molecular formula is C21H20FN3O6. The Morgan fingerprint density at radius 1 is 1.10 bits per heavy atom. The van der Waals surface area contributed by atoms with Crippen molar-refractivity contribution in [1.29, 1.82) is 0 Å². The van der Waals surface area contributed by atoms with Gasteiger partial charge in [0.25, 0.3) is 5.56 Å². The monoisotopic (exact) mass is 429 g/mol. The van der Waals surface area contributed by atoms with E-state index in [1.54, 1.807) is 31.2 Å².